The molecule has 0 aliphatic rings. The van der Waals surface area contributed by atoms with E-state index in [-0.39, 0.29) is 6.61 Å². The number of hydrogen-bond donors (Lipinski definition) is 1. The third-order valence-electron chi connectivity index (χ3n) is 3.61. The molecule has 2 rings (SSSR count). The van der Waals surface area contributed by atoms with Crippen LogP contribution in [0.15, 0.2) is 24.4 Å². The van der Waals surface area contributed by atoms with Crippen molar-refractivity contribution < 1.29 is 19.4 Å². The topological polar surface area (TPSA) is 68.0 Å². The van der Waals surface area contributed by atoms with E-state index in [1.807, 2.05) is 25.1 Å². The van der Waals surface area contributed by atoms with Crippen molar-refractivity contribution in [2.75, 3.05) is 6.61 Å². The van der Waals surface area contributed by atoms with Crippen LogP contribution in [0.1, 0.15) is 48.3 Å². The van der Waals surface area contributed by atoms with Gasteiger partial charge in [0.1, 0.15) is 5.69 Å². The average molecular weight is 289 g/mol. The molecule has 0 amide bonds. The normalized spacial score (nSPS) is 12.3. The second-order valence-corrected chi connectivity index (χ2v) is 4.83. The summed E-state index contributed by atoms with van der Waals surface area (Å²) in [4.78, 5) is 23.6. The lowest BCUT2D eigenvalue weighted by atomic mass is 9.95. The molecule has 0 aliphatic heterocycles. The molecule has 0 aliphatic carbocycles. The smallest absolute Gasteiger partial charge is 0.355 e. The summed E-state index contributed by atoms with van der Waals surface area (Å²) in [5.74, 6) is -2.00. The Hall–Kier alpha value is -2.30. The third kappa shape index (κ3) is 2.51. The molecular weight excluding hydrogens is 270 g/mol. The fraction of sp³-hybridized carbons (Fsp3) is 0.375. The molecule has 0 radical (unpaired) electrons. The first-order valence-electron chi connectivity index (χ1n) is 7.04. The summed E-state index contributed by atoms with van der Waals surface area (Å²) in [5.41, 5.74) is 2.61. The Bertz CT molecular complexity index is 687. The molecule has 1 N–H and O–H groups in total. The minimum atomic E-state index is -0.906. The van der Waals surface area contributed by atoms with Gasteiger partial charge in [-0.05, 0) is 43.5 Å². The van der Waals surface area contributed by atoms with Crippen LogP contribution in [0.25, 0.3) is 5.52 Å². The molecule has 0 spiro atoms. The highest BCUT2D eigenvalue weighted by Crippen LogP contribution is 2.31. The van der Waals surface area contributed by atoms with Gasteiger partial charge < -0.3 is 14.2 Å². The van der Waals surface area contributed by atoms with Crippen LogP contribution in [0.3, 0.4) is 0 Å². The minimum Gasteiger partial charge on any atom is -0.481 e. The Labute approximate surface area is 123 Å². The van der Waals surface area contributed by atoms with Gasteiger partial charge >= 0.3 is 11.9 Å². The highest BCUT2D eigenvalue weighted by Gasteiger charge is 2.28. The van der Waals surface area contributed by atoms with Crippen molar-refractivity contribution >= 4 is 17.5 Å². The lowest BCUT2D eigenvalue weighted by Gasteiger charge is -2.08. The highest BCUT2D eigenvalue weighted by atomic mass is 16.5. The lowest BCUT2D eigenvalue weighted by Crippen LogP contribution is -2.12. The standard InChI is InChI=1S/C16H19NO4/c1-4-11-13(10(3)15(18)19)12-8-6-7-9-17(12)14(11)16(20)21-5-2/h6-10H,4-5H2,1-3H3,(H,18,19). The molecule has 0 saturated carbocycles. The summed E-state index contributed by atoms with van der Waals surface area (Å²) in [6.07, 6.45) is 2.33. The van der Waals surface area contributed by atoms with Gasteiger partial charge in [0.25, 0.3) is 0 Å². The van der Waals surface area contributed by atoms with Crippen molar-refractivity contribution in [1.82, 2.24) is 4.40 Å². The molecule has 0 saturated heterocycles. The van der Waals surface area contributed by atoms with Crippen LogP contribution in [0.5, 0.6) is 0 Å². The second kappa shape index (κ2) is 5.99. The van der Waals surface area contributed by atoms with Gasteiger partial charge in [-0.1, -0.05) is 13.0 Å². The van der Waals surface area contributed by atoms with Gasteiger partial charge in [0, 0.05) is 6.20 Å². The minimum absolute atomic E-state index is 0.284. The van der Waals surface area contributed by atoms with E-state index in [0.29, 0.717) is 17.7 Å². The van der Waals surface area contributed by atoms with Gasteiger partial charge in [-0.25, -0.2) is 4.79 Å². The maximum absolute atomic E-state index is 12.3. The molecule has 2 heterocycles. The number of nitrogens with zero attached hydrogens (tertiary/aromatic N) is 1. The quantitative estimate of drug-likeness (QED) is 0.859. The third-order valence-corrected chi connectivity index (χ3v) is 3.61. The highest BCUT2D eigenvalue weighted by molar-refractivity contribution is 5.94. The Balaban J connectivity index is 2.79. The van der Waals surface area contributed by atoms with Crippen LogP contribution in [-0.2, 0) is 16.0 Å². The zero-order valence-corrected chi connectivity index (χ0v) is 12.4. The van der Waals surface area contributed by atoms with Gasteiger partial charge in [0.05, 0.1) is 18.0 Å². The SMILES string of the molecule is CCOC(=O)c1c(CC)c(C(C)C(=O)O)c2ccccn12. The number of fused-ring (bicyclic) bond motifs is 1. The Morgan fingerprint density at radius 3 is 2.62 bits per heavy atom. The maximum Gasteiger partial charge on any atom is 0.355 e. The van der Waals surface area contributed by atoms with E-state index in [9.17, 15) is 14.7 Å². The van der Waals surface area contributed by atoms with Crippen LogP contribution >= 0.6 is 0 Å². The monoisotopic (exact) mass is 289 g/mol. The molecule has 5 nitrogen and oxygen atoms in total. The lowest BCUT2D eigenvalue weighted by molar-refractivity contribution is -0.138. The predicted octanol–water partition coefficient (Wildman–Crippen LogP) is 2.87. The maximum atomic E-state index is 12.3. The van der Waals surface area contributed by atoms with Crippen LogP contribution < -0.4 is 0 Å². The van der Waals surface area contributed by atoms with E-state index in [2.05, 4.69) is 0 Å². The van der Waals surface area contributed by atoms with Crippen molar-refractivity contribution in [3.8, 4) is 0 Å². The largest absolute Gasteiger partial charge is 0.481 e. The van der Waals surface area contributed by atoms with Crippen LogP contribution in [-0.4, -0.2) is 28.1 Å². The number of carbonyl (C=O) groups excluding carboxylic acids is 1. The average Bonchev–Trinajstić information content (AvgIpc) is 2.80. The number of carbonyl (C=O) groups is 2. The summed E-state index contributed by atoms with van der Waals surface area (Å²) in [6, 6.07) is 5.48. The van der Waals surface area contributed by atoms with Gasteiger partial charge in [-0.15, -0.1) is 0 Å². The summed E-state index contributed by atoms with van der Waals surface area (Å²) in [5, 5.41) is 9.34. The Kier molecular flexibility index (Phi) is 4.31. The Morgan fingerprint density at radius 2 is 2.05 bits per heavy atom. The zero-order valence-electron chi connectivity index (χ0n) is 12.4. The molecule has 1 atom stereocenters. The Morgan fingerprint density at radius 1 is 1.33 bits per heavy atom. The van der Waals surface area contributed by atoms with Crippen molar-refractivity contribution in [3.63, 3.8) is 0 Å². The van der Waals surface area contributed by atoms with E-state index < -0.39 is 17.9 Å². The molecule has 21 heavy (non-hydrogen) atoms. The summed E-state index contributed by atoms with van der Waals surface area (Å²) >= 11 is 0. The van der Waals surface area contributed by atoms with Gasteiger partial charge in [-0.2, -0.15) is 0 Å². The van der Waals surface area contributed by atoms with Crippen molar-refractivity contribution in [3.05, 3.63) is 41.2 Å². The molecule has 1 unspecified atom stereocenters. The number of carboxylic acids is 1. The zero-order chi connectivity index (χ0) is 15.6. The number of aromatic nitrogens is 1. The first-order chi connectivity index (χ1) is 10.0. The number of hydrogen-bond acceptors (Lipinski definition) is 3. The summed E-state index contributed by atoms with van der Waals surface area (Å²) < 4.78 is 6.85. The number of ether oxygens (including phenoxy) is 1. The van der Waals surface area contributed by atoms with Crippen LogP contribution in [0, 0.1) is 0 Å². The van der Waals surface area contributed by atoms with Crippen molar-refractivity contribution in [1.29, 1.82) is 0 Å². The van der Waals surface area contributed by atoms with Crippen LogP contribution in [0.4, 0.5) is 0 Å². The van der Waals surface area contributed by atoms with Gasteiger partial charge in [-0.3, -0.25) is 4.79 Å². The van der Waals surface area contributed by atoms with E-state index in [0.717, 1.165) is 11.1 Å². The molecule has 0 aromatic carbocycles. The second-order valence-electron chi connectivity index (χ2n) is 4.83. The molecule has 112 valence electrons. The molecular formula is C16H19NO4. The van der Waals surface area contributed by atoms with E-state index >= 15 is 0 Å². The fourth-order valence-electron chi connectivity index (χ4n) is 2.67. The molecule has 0 fully saturated rings. The summed E-state index contributed by atoms with van der Waals surface area (Å²) in [7, 11) is 0. The number of carboxylic acid groups (broad SMARTS) is 1. The molecule has 5 heteroatoms. The number of pyridine rings is 1. The summed E-state index contributed by atoms with van der Waals surface area (Å²) in [6.45, 7) is 5.58. The predicted molar refractivity (Wildman–Crippen MR) is 78.8 cm³/mol. The van der Waals surface area contributed by atoms with Crippen molar-refractivity contribution in [2.24, 2.45) is 0 Å². The van der Waals surface area contributed by atoms with E-state index in [4.69, 9.17) is 4.74 Å². The first-order valence-corrected chi connectivity index (χ1v) is 7.04. The number of rotatable bonds is 5. The molecule has 2 aromatic heterocycles. The van der Waals surface area contributed by atoms with Crippen LogP contribution in [0.2, 0.25) is 0 Å². The molecule has 2 aromatic rings. The number of esters is 1. The molecule has 0 bridgehead atoms. The first kappa shape index (κ1) is 15.1. The van der Waals surface area contributed by atoms with Gasteiger partial charge in [0.15, 0.2) is 0 Å². The van der Waals surface area contributed by atoms with Crippen molar-refractivity contribution in [2.45, 2.75) is 33.1 Å². The van der Waals surface area contributed by atoms with Gasteiger partial charge in [0.2, 0.25) is 0 Å². The van der Waals surface area contributed by atoms with E-state index in [1.54, 1.807) is 24.4 Å². The van der Waals surface area contributed by atoms with E-state index in [1.165, 1.54) is 0 Å². The fourth-order valence-corrected chi connectivity index (χ4v) is 2.67. The number of aliphatic carboxylic acids is 1.